The molecule has 0 aliphatic carbocycles. The van der Waals surface area contributed by atoms with Crippen LogP contribution in [-0.4, -0.2) is 22.9 Å². The number of hydrogen-bond donors (Lipinski definition) is 2. The minimum Gasteiger partial charge on any atom is -0.423 e. The first-order chi connectivity index (χ1) is 6.65. The Balaban J connectivity index is 2.90. The van der Waals surface area contributed by atoms with Gasteiger partial charge in [0.1, 0.15) is 5.82 Å². The van der Waals surface area contributed by atoms with E-state index in [1.165, 1.54) is 6.07 Å². The van der Waals surface area contributed by atoms with Gasteiger partial charge < -0.3 is 10.0 Å². The van der Waals surface area contributed by atoms with E-state index in [1.54, 1.807) is 17.8 Å². The fraction of sp³-hybridized carbons (Fsp3) is 0.333. The third-order valence-corrected chi connectivity index (χ3v) is 2.77. The number of rotatable bonds is 4. The van der Waals surface area contributed by atoms with Gasteiger partial charge in [-0.05, 0) is 28.9 Å². The van der Waals surface area contributed by atoms with Crippen LogP contribution in [0.4, 0.5) is 4.39 Å². The van der Waals surface area contributed by atoms with Crippen LogP contribution in [0.2, 0.25) is 0 Å². The van der Waals surface area contributed by atoms with Crippen LogP contribution >= 0.6 is 11.8 Å². The van der Waals surface area contributed by atoms with Crippen LogP contribution in [0.25, 0.3) is 0 Å². The fourth-order valence-electron chi connectivity index (χ4n) is 1.15. The molecule has 1 rings (SSSR count). The first-order valence-electron chi connectivity index (χ1n) is 4.37. The lowest BCUT2D eigenvalue weighted by Crippen LogP contribution is -2.33. The van der Waals surface area contributed by atoms with Crippen molar-refractivity contribution >= 4 is 24.3 Å². The zero-order valence-electron chi connectivity index (χ0n) is 7.90. The van der Waals surface area contributed by atoms with Gasteiger partial charge in [0.25, 0.3) is 0 Å². The van der Waals surface area contributed by atoms with E-state index in [9.17, 15) is 4.39 Å². The van der Waals surface area contributed by atoms with Gasteiger partial charge in [-0.2, -0.15) is 11.8 Å². The van der Waals surface area contributed by atoms with E-state index < -0.39 is 12.9 Å². The van der Waals surface area contributed by atoms with Crippen molar-refractivity contribution in [1.82, 2.24) is 0 Å². The van der Waals surface area contributed by atoms with E-state index in [1.807, 2.05) is 6.92 Å². The van der Waals surface area contributed by atoms with E-state index in [0.717, 1.165) is 17.4 Å². The highest BCUT2D eigenvalue weighted by atomic mass is 32.2. The van der Waals surface area contributed by atoms with Gasteiger partial charge in [-0.25, -0.2) is 4.39 Å². The quantitative estimate of drug-likeness (QED) is 0.727. The average molecular weight is 214 g/mol. The molecule has 0 unspecified atom stereocenters. The summed E-state index contributed by atoms with van der Waals surface area (Å²) in [6.45, 7) is 2.02. The Bertz CT molecular complexity index is 307. The Morgan fingerprint density at radius 3 is 2.71 bits per heavy atom. The van der Waals surface area contributed by atoms with Crippen molar-refractivity contribution in [1.29, 1.82) is 0 Å². The van der Waals surface area contributed by atoms with Gasteiger partial charge in [-0.3, -0.25) is 0 Å². The molecule has 0 heterocycles. The first-order valence-corrected chi connectivity index (χ1v) is 5.52. The zero-order valence-corrected chi connectivity index (χ0v) is 8.72. The number of hydrogen-bond acceptors (Lipinski definition) is 3. The van der Waals surface area contributed by atoms with Crippen LogP contribution in [-0.2, 0) is 5.75 Å². The average Bonchev–Trinajstić information content (AvgIpc) is 2.15. The van der Waals surface area contributed by atoms with Gasteiger partial charge in [-0.15, -0.1) is 0 Å². The fourth-order valence-corrected chi connectivity index (χ4v) is 1.84. The molecule has 5 heteroatoms. The van der Waals surface area contributed by atoms with Crippen molar-refractivity contribution in [3.05, 3.63) is 29.6 Å². The summed E-state index contributed by atoms with van der Waals surface area (Å²) in [7, 11) is -1.60. The molecular weight excluding hydrogens is 202 g/mol. The molecule has 0 amide bonds. The Morgan fingerprint density at radius 2 is 2.14 bits per heavy atom. The third kappa shape index (κ3) is 3.01. The smallest absolute Gasteiger partial charge is 0.423 e. The van der Waals surface area contributed by atoms with Crippen molar-refractivity contribution in [3.8, 4) is 0 Å². The largest absolute Gasteiger partial charge is 0.488 e. The first kappa shape index (κ1) is 11.6. The highest BCUT2D eigenvalue weighted by Gasteiger charge is 2.16. The molecule has 0 fully saturated rings. The summed E-state index contributed by atoms with van der Waals surface area (Å²) < 4.78 is 12.8. The molecule has 0 aliphatic rings. The highest BCUT2D eigenvalue weighted by Crippen LogP contribution is 2.11. The Kier molecular flexibility index (Phi) is 4.45. The monoisotopic (exact) mass is 214 g/mol. The van der Waals surface area contributed by atoms with Crippen LogP contribution in [0, 0.1) is 5.82 Å². The maximum atomic E-state index is 12.8. The highest BCUT2D eigenvalue weighted by molar-refractivity contribution is 7.98. The van der Waals surface area contributed by atoms with E-state index in [4.69, 9.17) is 10.0 Å². The molecule has 0 saturated carbocycles. The standard InChI is InChI=1S/C9H12BFO2S/c1-2-14-6-7-3-4-8(11)5-9(7)10(12)13/h3-5,12-13H,2,6H2,1H3. The molecule has 0 saturated heterocycles. The molecular formula is C9H12BFO2S. The van der Waals surface area contributed by atoms with Crippen LogP contribution < -0.4 is 5.46 Å². The zero-order chi connectivity index (χ0) is 10.6. The summed E-state index contributed by atoms with van der Waals surface area (Å²) in [6, 6.07) is 4.08. The van der Waals surface area contributed by atoms with E-state index in [0.29, 0.717) is 5.75 Å². The predicted molar refractivity (Wildman–Crippen MR) is 58.1 cm³/mol. The maximum Gasteiger partial charge on any atom is 0.488 e. The van der Waals surface area contributed by atoms with Crippen LogP contribution in [0.5, 0.6) is 0 Å². The van der Waals surface area contributed by atoms with Crippen molar-refractivity contribution in [2.45, 2.75) is 12.7 Å². The molecule has 0 aromatic heterocycles. The van der Waals surface area contributed by atoms with Gasteiger partial charge in [0.05, 0.1) is 0 Å². The molecule has 0 atom stereocenters. The number of benzene rings is 1. The molecule has 1 aromatic carbocycles. The van der Waals surface area contributed by atoms with Gasteiger partial charge in [0.2, 0.25) is 0 Å². The second kappa shape index (κ2) is 5.39. The minimum absolute atomic E-state index is 0.256. The topological polar surface area (TPSA) is 40.5 Å². The molecule has 0 radical (unpaired) electrons. The lowest BCUT2D eigenvalue weighted by Gasteiger charge is -2.07. The Morgan fingerprint density at radius 1 is 1.43 bits per heavy atom. The molecule has 0 aliphatic heterocycles. The summed E-state index contributed by atoms with van der Waals surface area (Å²) in [5.74, 6) is 1.17. The molecule has 14 heavy (non-hydrogen) atoms. The van der Waals surface area contributed by atoms with Crippen LogP contribution in [0.15, 0.2) is 18.2 Å². The van der Waals surface area contributed by atoms with Crippen molar-refractivity contribution in [2.24, 2.45) is 0 Å². The molecule has 76 valence electrons. The molecule has 0 bridgehead atoms. The van der Waals surface area contributed by atoms with E-state index >= 15 is 0 Å². The predicted octanol–water partition coefficient (Wildman–Crippen LogP) is 0.759. The molecule has 2 nitrogen and oxygen atoms in total. The van der Waals surface area contributed by atoms with Crippen LogP contribution in [0.3, 0.4) is 0 Å². The maximum absolute atomic E-state index is 12.8. The van der Waals surface area contributed by atoms with Crippen LogP contribution in [0.1, 0.15) is 12.5 Å². The number of thioether (sulfide) groups is 1. The van der Waals surface area contributed by atoms with Crippen molar-refractivity contribution in [3.63, 3.8) is 0 Å². The van der Waals surface area contributed by atoms with Crippen molar-refractivity contribution in [2.75, 3.05) is 5.75 Å². The summed E-state index contributed by atoms with van der Waals surface area (Å²) in [5.41, 5.74) is 1.03. The summed E-state index contributed by atoms with van der Waals surface area (Å²) in [5, 5.41) is 18.0. The minimum atomic E-state index is -1.60. The van der Waals surface area contributed by atoms with Gasteiger partial charge in [0, 0.05) is 5.75 Å². The van der Waals surface area contributed by atoms with Gasteiger partial charge in [-0.1, -0.05) is 13.0 Å². The molecule has 2 N–H and O–H groups in total. The summed E-state index contributed by atoms with van der Waals surface area (Å²) in [4.78, 5) is 0. The van der Waals surface area contributed by atoms with Gasteiger partial charge >= 0.3 is 7.12 Å². The van der Waals surface area contributed by atoms with Crippen molar-refractivity contribution < 1.29 is 14.4 Å². The van der Waals surface area contributed by atoms with Gasteiger partial charge in [0.15, 0.2) is 0 Å². The number of halogens is 1. The van der Waals surface area contributed by atoms with E-state index in [2.05, 4.69) is 0 Å². The Labute approximate surface area is 87.3 Å². The summed E-state index contributed by atoms with van der Waals surface area (Å²) >= 11 is 1.65. The normalized spacial score (nSPS) is 10.3. The second-order valence-corrected chi connectivity index (χ2v) is 4.13. The second-order valence-electron chi connectivity index (χ2n) is 2.85. The SMILES string of the molecule is CCSCc1ccc(F)cc1B(O)O. The summed E-state index contributed by atoms with van der Waals surface area (Å²) in [6.07, 6.45) is 0. The molecule has 0 spiro atoms. The Hall–Kier alpha value is -0.515. The lowest BCUT2D eigenvalue weighted by atomic mass is 9.77. The van der Waals surface area contributed by atoms with E-state index in [-0.39, 0.29) is 5.46 Å². The molecule has 1 aromatic rings. The lowest BCUT2D eigenvalue weighted by molar-refractivity contribution is 0.425. The third-order valence-electron chi connectivity index (χ3n) is 1.85.